The molecule has 0 spiro atoms. The Hall–Kier alpha value is -2.10. The Morgan fingerprint density at radius 3 is 2.42 bits per heavy atom. The standard InChI is InChI=1S/C23H24BrNO/c1-17-8-6-7-11-20(17)16-26-23-13-12-22(24)14-21(23)15-25-18(2)19-9-4-3-5-10-19/h3-14,18,25H,15-16H2,1-2H3/t18-/m0/s1. The summed E-state index contributed by atoms with van der Waals surface area (Å²) >= 11 is 3.57. The maximum atomic E-state index is 6.14. The van der Waals surface area contributed by atoms with Crippen molar-refractivity contribution in [3.05, 3.63) is 99.5 Å². The third-order valence-corrected chi connectivity index (χ3v) is 5.06. The van der Waals surface area contributed by atoms with E-state index in [4.69, 9.17) is 4.74 Å². The predicted molar refractivity (Wildman–Crippen MR) is 111 cm³/mol. The van der Waals surface area contributed by atoms with Crippen molar-refractivity contribution in [1.82, 2.24) is 5.32 Å². The molecule has 0 heterocycles. The van der Waals surface area contributed by atoms with Crippen LogP contribution in [0.25, 0.3) is 0 Å². The van der Waals surface area contributed by atoms with Crippen LogP contribution in [0, 0.1) is 6.92 Å². The van der Waals surface area contributed by atoms with E-state index in [1.807, 2.05) is 18.2 Å². The van der Waals surface area contributed by atoms with Gasteiger partial charge in [-0.25, -0.2) is 0 Å². The van der Waals surface area contributed by atoms with Crippen LogP contribution in [-0.2, 0) is 13.2 Å². The van der Waals surface area contributed by atoms with Gasteiger partial charge in [0, 0.05) is 22.6 Å². The number of aryl methyl sites for hydroxylation is 1. The molecule has 1 atom stereocenters. The Kier molecular flexibility index (Phi) is 6.48. The molecule has 3 heteroatoms. The molecule has 0 saturated carbocycles. The topological polar surface area (TPSA) is 21.3 Å². The molecule has 0 radical (unpaired) electrons. The quantitative estimate of drug-likeness (QED) is 0.502. The summed E-state index contributed by atoms with van der Waals surface area (Å²) in [6.07, 6.45) is 0. The third kappa shape index (κ3) is 4.96. The highest BCUT2D eigenvalue weighted by atomic mass is 79.9. The molecular formula is C23H24BrNO. The maximum Gasteiger partial charge on any atom is 0.124 e. The van der Waals surface area contributed by atoms with Gasteiger partial charge in [0.15, 0.2) is 0 Å². The molecule has 3 aromatic carbocycles. The van der Waals surface area contributed by atoms with Crippen molar-refractivity contribution in [1.29, 1.82) is 0 Å². The zero-order chi connectivity index (χ0) is 18.4. The number of nitrogens with one attached hydrogen (secondary N) is 1. The van der Waals surface area contributed by atoms with Crippen LogP contribution in [-0.4, -0.2) is 0 Å². The third-order valence-electron chi connectivity index (χ3n) is 4.57. The number of hydrogen-bond acceptors (Lipinski definition) is 2. The zero-order valence-corrected chi connectivity index (χ0v) is 16.8. The van der Waals surface area contributed by atoms with Gasteiger partial charge in [0.05, 0.1) is 0 Å². The molecule has 26 heavy (non-hydrogen) atoms. The average Bonchev–Trinajstić information content (AvgIpc) is 2.67. The molecule has 3 aromatic rings. The molecule has 0 aliphatic heterocycles. The van der Waals surface area contributed by atoms with E-state index in [2.05, 4.69) is 89.7 Å². The summed E-state index contributed by atoms with van der Waals surface area (Å²) in [6, 6.07) is 25.3. The maximum absolute atomic E-state index is 6.14. The van der Waals surface area contributed by atoms with Crippen LogP contribution in [0.4, 0.5) is 0 Å². The highest BCUT2D eigenvalue weighted by Gasteiger charge is 2.09. The SMILES string of the molecule is Cc1ccccc1COc1ccc(Br)cc1CN[C@@H](C)c1ccccc1. The molecule has 2 nitrogen and oxygen atoms in total. The molecule has 0 unspecified atom stereocenters. The van der Waals surface area contributed by atoms with Crippen molar-refractivity contribution in [3.63, 3.8) is 0 Å². The minimum absolute atomic E-state index is 0.277. The number of rotatable bonds is 7. The van der Waals surface area contributed by atoms with Crippen molar-refractivity contribution < 1.29 is 4.74 Å². The van der Waals surface area contributed by atoms with Gasteiger partial charge < -0.3 is 10.1 Å². The highest BCUT2D eigenvalue weighted by molar-refractivity contribution is 9.10. The summed E-state index contributed by atoms with van der Waals surface area (Å²) < 4.78 is 7.20. The van der Waals surface area contributed by atoms with Gasteiger partial charge in [-0.05, 0) is 48.7 Å². The minimum atomic E-state index is 0.277. The summed E-state index contributed by atoms with van der Waals surface area (Å²) in [4.78, 5) is 0. The molecule has 0 aliphatic carbocycles. The molecular weight excluding hydrogens is 386 g/mol. The van der Waals surface area contributed by atoms with Crippen LogP contribution >= 0.6 is 15.9 Å². The normalized spacial score (nSPS) is 12.0. The van der Waals surface area contributed by atoms with Gasteiger partial charge in [-0.2, -0.15) is 0 Å². The lowest BCUT2D eigenvalue weighted by Gasteiger charge is -2.17. The van der Waals surface area contributed by atoms with Crippen LogP contribution in [0.3, 0.4) is 0 Å². The van der Waals surface area contributed by atoms with Crippen molar-refractivity contribution in [2.24, 2.45) is 0 Å². The van der Waals surface area contributed by atoms with Gasteiger partial charge >= 0.3 is 0 Å². The molecule has 0 bridgehead atoms. The van der Waals surface area contributed by atoms with Crippen LogP contribution in [0.1, 0.15) is 35.2 Å². The predicted octanol–water partition coefficient (Wildman–Crippen LogP) is 6.19. The summed E-state index contributed by atoms with van der Waals surface area (Å²) in [6.45, 7) is 5.62. The van der Waals surface area contributed by atoms with E-state index in [0.717, 1.165) is 22.3 Å². The lowest BCUT2D eigenvalue weighted by Crippen LogP contribution is -2.18. The van der Waals surface area contributed by atoms with Crippen molar-refractivity contribution in [2.75, 3.05) is 0 Å². The van der Waals surface area contributed by atoms with Crippen molar-refractivity contribution >= 4 is 15.9 Å². The minimum Gasteiger partial charge on any atom is -0.489 e. The van der Waals surface area contributed by atoms with Crippen LogP contribution in [0.15, 0.2) is 77.3 Å². The van der Waals surface area contributed by atoms with E-state index in [1.54, 1.807) is 0 Å². The van der Waals surface area contributed by atoms with E-state index >= 15 is 0 Å². The Bertz CT molecular complexity index is 848. The fourth-order valence-corrected chi connectivity index (χ4v) is 3.29. The lowest BCUT2D eigenvalue weighted by atomic mass is 10.1. The molecule has 0 fully saturated rings. The second-order valence-corrected chi connectivity index (χ2v) is 7.40. The zero-order valence-electron chi connectivity index (χ0n) is 15.2. The summed E-state index contributed by atoms with van der Waals surface area (Å²) in [5.41, 5.74) is 4.90. The second-order valence-electron chi connectivity index (χ2n) is 6.48. The highest BCUT2D eigenvalue weighted by Crippen LogP contribution is 2.25. The Morgan fingerprint density at radius 1 is 0.923 bits per heavy atom. The number of benzene rings is 3. The van der Waals surface area contributed by atoms with E-state index in [9.17, 15) is 0 Å². The van der Waals surface area contributed by atoms with E-state index in [0.29, 0.717) is 6.61 Å². The number of ether oxygens (including phenoxy) is 1. The molecule has 0 amide bonds. The van der Waals surface area contributed by atoms with Crippen LogP contribution in [0.2, 0.25) is 0 Å². The van der Waals surface area contributed by atoms with Gasteiger partial charge in [0.2, 0.25) is 0 Å². The molecule has 0 aliphatic rings. The first-order chi connectivity index (χ1) is 12.6. The Morgan fingerprint density at radius 2 is 1.65 bits per heavy atom. The van der Waals surface area contributed by atoms with Gasteiger partial charge in [-0.15, -0.1) is 0 Å². The fourth-order valence-electron chi connectivity index (χ4n) is 2.88. The van der Waals surface area contributed by atoms with Crippen molar-refractivity contribution in [2.45, 2.75) is 33.0 Å². The first-order valence-electron chi connectivity index (χ1n) is 8.87. The van der Waals surface area contributed by atoms with Gasteiger partial charge in [0.1, 0.15) is 12.4 Å². The van der Waals surface area contributed by atoms with Crippen LogP contribution in [0.5, 0.6) is 5.75 Å². The first kappa shape index (κ1) is 18.7. The Balaban J connectivity index is 1.69. The summed E-state index contributed by atoms with van der Waals surface area (Å²) in [7, 11) is 0. The molecule has 0 aromatic heterocycles. The largest absolute Gasteiger partial charge is 0.489 e. The summed E-state index contributed by atoms with van der Waals surface area (Å²) in [5.74, 6) is 0.921. The van der Waals surface area contributed by atoms with Gasteiger partial charge in [0.25, 0.3) is 0 Å². The smallest absolute Gasteiger partial charge is 0.124 e. The number of hydrogen-bond donors (Lipinski definition) is 1. The van der Waals surface area contributed by atoms with Crippen molar-refractivity contribution in [3.8, 4) is 5.75 Å². The lowest BCUT2D eigenvalue weighted by molar-refractivity contribution is 0.301. The molecule has 1 N–H and O–H groups in total. The second kappa shape index (κ2) is 9.02. The van der Waals surface area contributed by atoms with E-state index in [1.165, 1.54) is 16.7 Å². The van der Waals surface area contributed by atoms with Gasteiger partial charge in [-0.1, -0.05) is 70.5 Å². The average molecular weight is 410 g/mol. The summed E-state index contributed by atoms with van der Waals surface area (Å²) in [5, 5.41) is 3.59. The van der Waals surface area contributed by atoms with E-state index in [-0.39, 0.29) is 6.04 Å². The number of halogens is 1. The van der Waals surface area contributed by atoms with E-state index < -0.39 is 0 Å². The van der Waals surface area contributed by atoms with Crippen LogP contribution < -0.4 is 10.1 Å². The molecule has 134 valence electrons. The Labute approximate surface area is 164 Å². The molecule has 0 saturated heterocycles. The monoisotopic (exact) mass is 409 g/mol. The molecule has 3 rings (SSSR count). The first-order valence-corrected chi connectivity index (χ1v) is 9.67. The fraction of sp³-hybridized carbons (Fsp3) is 0.217. The van der Waals surface area contributed by atoms with Gasteiger partial charge in [-0.3, -0.25) is 0 Å².